The number of halogens is 1. The monoisotopic (exact) mass is 320 g/mol. The van der Waals surface area contributed by atoms with E-state index in [0.717, 1.165) is 6.42 Å². The zero-order valence-electron chi connectivity index (χ0n) is 9.86. The number of ether oxygens (including phenoxy) is 1. The lowest BCUT2D eigenvalue weighted by molar-refractivity contribution is 0.305. The number of hydrogen-bond acceptors (Lipinski definition) is 3. The van der Waals surface area contributed by atoms with Crippen LogP contribution in [0, 0.1) is 0 Å². The summed E-state index contributed by atoms with van der Waals surface area (Å²) in [6.07, 6.45) is 4.64. The van der Waals surface area contributed by atoms with Gasteiger partial charge in [0.2, 0.25) is 8.27 Å². The van der Waals surface area contributed by atoms with Crippen molar-refractivity contribution in [1.82, 2.24) is 0 Å². The van der Waals surface area contributed by atoms with E-state index in [1.165, 1.54) is 31.4 Å². The second kappa shape index (κ2) is 7.01. The molecule has 17 heavy (non-hydrogen) atoms. The third-order valence-electron chi connectivity index (χ3n) is 2.37. The van der Waals surface area contributed by atoms with Gasteiger partial charge in [-0.1, -0.05) is 26.2 Å². The molecule has 0 aromatic heterocycles. The van der Waals surface area contributed by atoms with Crippen LogP contribution in [-0.4, -0.2) is 15.0 Å². The average Bonchev–Trinajstić information content (AvgIpc) is 2.28. The van der Waals surface area contributed by atoms with Crippen molar-refractivity contribution in [2.24, 2.45) is 0 Å². The standard InChI is InChI=1S/C12H17BrO3S/c1-2-3-4-5-10-16-11-6-8-12(9-7-11)17(13,14)15/h6-9H,2-5,10H2,1H3. The van der Waals surface area contributed by atoms with Crippen LogP contribution >= 0.6 is 14.8 Å². The first-order valence-corrected chi connectivity index (χ1v) is 9.04. The third-order valence-corrected chi connectivity index (χ3v) is 4.33. The molecule has 0 aliphatic carbocycles. The van der Waals surface area contributed by atoms with Crippen molar-refractivity contribution in [1.29, 1.82) is 0 Å². The van der Waals surface area contributed by atoms with E-state index in [4.69, 9.17) is 4.74 Å². The molecule has 3 nitrogen and oxygen atoms in total. The Labute approximate surface area is 110 Å². The normalized spacial score (nSPS) is 11.4. The summed E-state index contributed by atoms with van der Waals surface area (Å²) in [5.41, 5.74) is 0. The van der Waals surface area contributed by atoms with Gasteiger partial charge in [-0.25, -0.2) is 8.42 Å². The van der Waals surface area contributed by atoms with E-state index in [-0.39, 0.29) is 4.90 Å². The van der Waals surface area contributed by atoms with Gasteiger partial charge in [0.25, 0.3) is 0 Å². The SMILES string of the molecule is CCCCCCOc1ccc(S(=O)(=O)Br)cc1. The Morgan fingerprint density at radius 2 is 1.76 bits per heavy atom. The minimum absolute atomic E-state index is 0.246. The van der Waals surface area contributed by atoms with Crippen molar-refractivity contribution in [3.8, 4) is 5.75 Å². The fraction of sp³-hybridized carbons (Fsp3) is 0.500. The van der Waals surface area contributed by atoms with E-state index in [2.05, 4.69) is 21.7 Å². The number of rotatable bonds is 7. The van der Waals surface area contributed by atoms with E-state index in [1.54, 1.807) is 12.1 Å². The first-order chi connectivity index (χ1) is 8.04. The van der Waals surface area contributed by atoms with Crippen molar-refractivity contribution in [2.45, 2.75) is 37.5 Å². The Hall–Kier alpha value is -0.550. The number of benzene rings is 1. The molecule has 0 aliphatic heterocycles. The van der Waals surface area contributed by atoms with Crippen LogP contribution in [0.1, 0.15) is 32.6 Å². The summed E-state index contributed by atoms with van der Waals surface area (Å²) in [6.45, 7) is 2.85. The summed E-state index contributed by atoms with van der Waals surface area (Å²) in [4.78, 5) is 0.246. The maximum Gasteiger partial charge on any atom is 0.237 e. The van der Waals surface area contributed by atoms with Crippen molar-refractivity contribution >= 4 is 23.1 Å². The first-order valence-electron chi connectivity index (χ1n) is 5.71. The minimum Gasteiger partial charge on any atom is -0.494 e. The first kappa shape index (κ1) is 14.5. The Morgan fingerprint density at radius 1 is 1.12 bits per heavy atom. The average molecular weight is 321 g/mol. The quantitative estimate of drug-likeness (QED) is 0.568. The molecule has 0 fully saturated rings. The predicted octanol–water partition coefficient (Wildman–Crippen LogP) is 3.73. The van der Waals surface area contributed by atoms with Crippen LogP contribution in [0.25, 0.3) is 0 Å². The highest BCUT2D eigenvalue weighted by molar-refractivity contribution is 9.47. The molecule has 1 rings (SSSR count). The van der Waals surface area contributed by atoms with Gasteiger partial charge in [-0.3, -0.25) is 0 Å². The molecule has 0 saturated carbocycles. The molecule has 0 radical (unpaired) electrons. The van der Waals surface area contributed by atoms with Crippen LogP contribution in [-0.2, 0) is 8.27 Å². The molecular weight excluding hydrogens is 304 g/mol. The second-order valence-corrected chi connectivity index (χ2v) is 7.72. The Balaban J connectivity index is 2.41. The zero-order chi connectivity index (χ0) is 12.7. The Morgan fingerprint density at radius 3 is 2.29 bits per heavy atom. The molecule has 1 aromatic carbocycles. The maximum atomic E-state index is 11.2. The highest BCUT2D eigenvalue weighted by atomic mass is 79.9. The van der Waals surface area contributed by atoms with Crippen LogP contribution in [0.3, 0.4) is 0 Å². The van der Waals surface area contributed by atoms with Gasteiger partial charge in [0.1, 0.15) is 5.75 Å². The van der Waals surface area contributed by atoms with Crippen molar-refractivity contribution < 1.29 is 13.2 Å². The molecule has 1 aromatic rings. The fourth-order valence-corrected chi connectivity index (χ4v) is 2.53. The lowest BCUT2D eigenvalue weighted by Crippen LogP contribution is -1.97. The Kier molecular flexibility index (Phi) is 5.98. The molecule has 0 saturated heterocycles. The summed E-state index contributed by atoms with van der Waals surface area (Å²) < 4.78 is 27.8. The molecule has 0 unspecified atom stereocenters. The van der Waals surface area contributed by atoms with Crippen LogP contribution < -0.4 is 4.74 Å². The summed E-state index contributed by atoms with van der Waals surface area (Å²) >= 11 is 2.62. The van der Waals surface area contributed by atoms with E-state index in [1.807, 2.05) is 0 Å². The topological polar surface area (TPSA) is 43.4 Å². The Bertz CT molecular complexity index is 426. The van der Waals surface area contributed by atoms with E-state index < -0.39 is 8.27 Å². The molecule has 0 amide bonds. The summed E-state index contributed by atoms with van der Waals surface area (Å²) in [5.74, 6) is 0.710. The molecule has 96 valence electrons. The molecule has 0 spiro atoms. The predicted molar refractivity (Wildman–Crippen MR) is 72.2 cm³/mol. The summed E-state index contributed by atoms with van der Waals surface area (Å²) in [5, 5.41) is 0. The van der Waals surface area contributed by atoms with Gasteiger partial charge in [-0.2, -0.15) is 0 Å². The number of hydrogen-bond donors (Lipinski definition) is 0. The van der Waals surface area contributed by atoms with Gasteiger partial charge >= 0.3 is 0 Å². The zero-order valence-corrected chi connectivity index (χ0v) is 12.3. The van der Waals surface area contributed by atoms with Crippen LogP contribution in [0.5, 0.6) is 5.75 Å². The van der Waals surface area contributed by atoms with E-state index >= 15 is 0 Å². The summed E-state index contributed by atoms with van der Waals surface area (Å²) in [7, 11) is -3.30. The lowest BCUT2D eigenvalue weighted by atomic mass is 10.2. The third kappa shape index (κ3) is 5.55. The van der Waals surface area contributed by atoms with E-state index in [9.17, 15) is 8.42 Å². The number of unbranched alkanes of at least 4 members (excludes halogenated alkanes) is 3. The van der Waals surface area contributed by atoms with Gasteiger partial charge in [0.05, 0.1) is 26.3 Å². The molecule has 0 aliphatic rings. The van der Waals surface area contributed by atoms with Crippen LogP contribution in [0.4, 0.5) is 0 Å². The highest BCUT2D eigenvalue weighted by Crippen LogP contribution is 2.20. The van der Waals surface area contributed by atoms with Crippen LogP contribution in [0.2, 0.25) is 0 Å². The molecular formula is C12H17BrO3S. The molecule has 5 heteroatoms. The van der Waals surface area contributed by atoms with Crippen molar-refractivity contribution in [3.63, 3.8) is 0 Å². The van der Waals surface area contributed by atoms with Gasteiger partial charge in [-0.15, -0.1) is 0 Å². The molecule has 0 heterocycles. The van der Waals surface area contributed by atoms with Gasteiger partial charge in [-0.05, 0) is 30.7 Å². The van der Waals surface area contributed by atoms with Crippen molar-refractivity contribution in [2.75, 3.05) is 6.61 Å². The van der Waals surface area contributed by atoms with Crippen molar-refractivity contribution in [3.05, 3.63) is 24.3 Å². The maximum absolute atomic E-state index is 11.2. The minimum atomic E-state index is -3.30. The summed E-state index contributed by atoms with van der Waals surface area (Å²) in [6, 6.07) is 6.42. The largest absolute Gasteiger partial charge is 0.494 e. The fourth-order valence-electron chi connectivity index (χ4n) is 1.42. The van der Waals surface area contributed by atoms with Gasteiger partial charge in [0, 0.05) is 0 Å². The molecule has 0 bridgehead atoms. The highest BCUT2D eigenvalue weighted by Gasteiger charge is 2.08. The lowest BCUT2D eigenvalue weighted by Gasteiger charge is -2.06. The van der Waals surface area contributed by atoms with Gasteiger partial charge < -0.3 is 4.74 Å². The molecule has 0 atom stereocenters. The van der Waals surface area contributed by atoms with Gasteiger partial charge in [0.15, 0.2) is 0 Å². The molecule has 0 N–H and O–H groups in total. The second-order valence-electron chi connectivity index (χ2n) is 3.82. The smallest absolute Gasteiger partial charge is 0.237 e. The van der Waals surface area contributed by atoms with Crippen LogP contribution in [0.15, 0.2) is 29.2 Å². The van der Waals surface area contributed by atoms with E-state index in [0.29, 0.717) is 12.4 Å².